The quantitative estimate of drug-likeness (QED) is 0.484. The second-order valence-corrected chi connectivity index (χ2v) is 8.72. The molecule has 0 radical (unpaired) electrons. The van der Waals surface area contributed by atoms with Crippen molar-refractivity contribution in [1.29, 1.82) is 0 Å². The maximum absolute atomic E-state index is 11.8. The van der Waals surface area contributed by atoms with Gasteiger partial charge in [-0.1, -0.05) is 67.8 Å². The highest BCUT2D eigenvalue weighted by Crippen LogP contribution is 2.13. The van der Waals surface area contributed by atoms with Crippen LogP contribution in [-0.4, -0.2) is 24.1 Å². The Bertz CT molecular complexity index is 617. The maximum Gasteiger partial charge on any atom is 0.367 e. The molecule has 5 heteroatoms. The van der Waals surface area contributed by atoms with E-state index in [0.717, 1.165) is 31.4 Å². The predicted molar refractivity (Wildman–Crippen MR) is 99.2 cm³/mol. The van der Waals surface area contributed by atoms with E-state index in [4.69, 9.17) is 0 Å². The number of benzene rings is 2. The Morgan fingerprint density at radius 3 is 2.08 bits per heavy atom. The Morgan fingerprint density at radius 1 is 0.833 bits per heavy atom. The Hall–Kier alpha value is -1.95. The van der Waals surface area contributed by atoms with E-state index in [0.29, 0.717) is 17.7 Å². The van der Waals surface area contributed by atoms with E-state index in [-0.39, 0.29) is 5.91 Å². The Labute approximate surface area is 144 Å². The molecule has 0 aliphatic rings. The molecule has 0 spiro atoms. The lowest BCUT2D eigenvalue weighted by Crippen LogP contribution is -2.48. The SMILES string of the molecule is O=C(CCCCCC[Si](O)(O)c1ccccc1)Nc1ccccc1. The minimum atomic E-state index is -3.29. The van der Waals surface area contributed by atoms with Gasteiger partial charge in [-0.15, -0.1) is 0 Å². The minimum absolute atomic E-state index is 0.0264. The minimum Gasteiger partial charge on any atom is -0.407 e. The van der Waals surface area contributed by atoms with Crippen molar-refractivity contribution < 1.29 is 14.4 Å². The van der Waals surface area contributed by atoms with Crippen LogP contribution in [0.2, 0.25) is 6.04 Å². The molecule has 128 valence electrons. The van der Waals surface area contributed by atoms with E-state index in [1.807, 2.05) is 48.5 Å². The molecular formula is C19H25NO3Si. The molecule has 24 heavy (non-hydrogen) atoms. The highest BCUT2D eigenvalue weighted by Gasteiger charge is 2.30. The number of carbonyl (C=O) groups excluding carboxylic acids is 1. The van der Waals surface area contributed by atoms with Crippen molar-refractivity contribution in [3.63, 3.8) is 0 Å². The first-order valence-electron chi connectivity index (χ1n) is 8.43. The topological polar surface area (TPSA) is 69.6 Å². The van der Waals surface area contributed by atoms with E-state index in [2.05, 4.69) is 5.32 Å². The molecule has 1 amide bonds. The number of rotatable bonds is 9. The number of hydrogen-bond donors (Lipinski definition) is 3. The normalized spacial score (nSPS) is 11.2. The average Bonchev–Trinajstić information content (AvgIpc) is 2.59. The van der Waals surface area contributed by atoms with Crippen LogP contribution < -0.4 is 10.5 Å². The number of carbonyl (C=O) groups is 1. The van der Waals surface area contributed by atoms with Crippen molar-refractivity contribution in [1.82, 2.24) is 0 Å². The zero-order chi connectivity index (χ0) is 17.3. The maximum atomic E-state index is 11.8. The summed E-state index contributed by atoms with van der Waals surface area (Å²) in [6, 6.07) is 19.0. The first kappa shape index (κ1) is 18.4. The monoisotopic (exact) mass is 343 g/mol. The first-order valence-corrected chi connectivity index (χ1v) is 10.5. The molecule has 0 saturated carbocycles. The molecule has 0 unspecified atom stereocenters. The Kier molecular flexibility index (Phi) is 7.18. The van der Waals surface area contributed by atoms with Gasteiger partial charge in [-0.2, -0.15) is 0 Å². The van der Waals surface area contributed by atoms with Gasteiger partial charge in [0.15, 0.2) is 0 Å². The van der Waals surface area contributed by atoms with Gasteiger partial charge in [0.05, 0.1) is 0 Å². The summed E-state index contributed by atoms with van der Waals surface area (Å²) < 4.78 is 0. The summed E-state index contributed by atoms with van der Waals surface area (Å²) >= 11 is 0. The lowest BCUT2D eigenvalue weighted by Gasteiger charge is -2.17. The van der Waals surface area contributed by atoms with Crippen LogP contribution in [-0.2, 0) is 4.79 Å². The van der Waals surface area contributed by atoms with E-state index >= 15 is 0 Å². The molecule has 2 aromatic carbocycles. The molecule has 4 nitrogen and oxygen atoms in total. The van der Waals surface area contributed by atoms with Gasteiger partial charge < -0.3 is 14.9 Å². The van der Waals surface area contributed by atoms with E-state index in [9.17, 15) is 14.4 Å². The van der Waals surface area contributed by atoms with Gasteiger partial charge in [0.25, 0.3) is 0 Å². The highest BCUT2D eigenvalue weighted by atomic mass is 28.4. The molecule has 0 heterocycles. The van der Waals surface area contributed by atoms with Crippen LogP contribution in [0.25, 0.3) is 0 Å². The van der Waals surface area contributed by atoms with Gasteiger partial charge in [-0.25, -0.2) is 0 Å². The van der Waals surface area contributed by atoms with Gasteiger partial charge in [0, 0.05) is 12.1 Å². The van der Waals surface area contributed by atoms with Crippen molar-refractivity contribution in [2.24, 2.45) is 0 Å². The summed E-state index contributed by atoms with van der Waals surface area (Å²) in [6.07, 6.45) is 3.90. The van der Waals surface area contributed by atoms with Crippen molar-refractivity contribution >= 4 is 25.3 Å². The van der Waals surface area contributed by atoms with Gasteiger partial charge in [0.2, 0.25) is 5.91 Å². The summed E-state index contributed by atoms with van der Waals surface area (Å²) in [4.78, 5) is 32.3. The Balaban J connectivity index is 1.59. The van der Waals surface area contributed by atoms with Gasteiger partial charge in [0.1, 0.15) is 0 Å². The molecule has 0 fully saturated rings. The van der Waals surface area contributed by atoms with Crippen LogP contribution in [0.1, 0.15) is 32.1 Å². The summed E-state index contributed by atoms with van der Waals surface area (Å²) in [6.45, 7) is 0. The average molecular weight is 343 g/mol. The van der Waals surface area contributed by atoms with Crippen LogP contribution >= 0.6 is 0 Å². The Morgan fingerprint density at radius 2 is 1.42 bits per heavy atom. The summed E-state index contributed by atoms with van der Waals surface area (Å²) in [5.41, 5.74) is 0.821. The molecule has 0 aromatic heterocycles. The third-order valence-electron chi connectivity index (χ3n) is 3.97. The molecule has 0 aliphatic heterocycles. The zero-order valence-corrected chi connectivity index (χ0v) is 14.8. The number of nitrogens with one attached hydrogen (secondary N) is 1. The molecule has 0 atom stereocenters. The number of para-hydroxylation sites is 1. The second-order valence-electron chi connectivity index (χ2n) is 6.01. The fourth-order valence-corrected chi connectivity index (χ4v) is 4.36. The largest absolute Gasteiger partial charge is 0.407 e. The molecule has 2 rings (SSSR count). The fourth-order valence-electron chi connectivity index (χ4n) is 2.60. The van der Waals surface area contributed by atoms with Crippen LogP contribution in [0.4, 0.5) is 5.69 Å². The van der Waals surface area contributed by atoms with Crippen molar-refractivity contribution in [3.05, 3.63) is 60.7 Å². The van der Waals surface area contributed by atoms with Crippen molar-refractivity contribution in [2.75, 3.05) is 5.32 Å². The van der Waals surface area contributed by atoms with E-state index < -0.39 is 8.56 Å². The molecule has 2 aromatic rings. The third-order valence-corrected chi connectivity index (χ3v) is 6.28. The number of hydrogen-bond acceptors (Lipinski definition) is 3. The molecule has 0 bridgehead atoms. The second kappa shape index (κ2) is 9.37. The molecular weight excluding hydrogens is 318 g/mol. The summed E-state index contributed by atoms with van der Waals surface area (Å²) in [5, 5.41) is 3.53. The fraction of sp³-hybridized carbons (Fsp3) is 0.316. The van der Waals surface area contributed by atoms with Gasteiger partial charge in [-0.3, -0.25) is 4.79 Å². The molecule has 0 saturated heterocycles. The predicted octanol–water partition coefficient (Wildman–Crippen LogP) is 2.91. The van der Waals surface area contributed by atoms with Crippen LogP contribution in [0, 0.1) is 0 Å². The lowest BCUT2D eigenvalue weighted by atomic mass is 10.1. The first-order chi connectivity index (χ1) is 11.6. The smallest absolute Gasteiger partial charge is 0.367 e. The summed E-state index contributed by atoms with van der Waals surface area (Å²) in [7, 11) is -3.29. The number of amides is 1. The molecule has 3 N–H and O–H groups in total. The van der Waals surface area contributed by atoms with Crippen molar-refractivity contribution in [3.8, 4) is 0 Å². The van der Waals surface area contributed by atoms with E-state index in [1.165, 1.54) is 0 Å². The lowest BCUT2D eigenvalue weighted by molar-refractivity contribution is -0.116. The van der Waals surface area contributed by atoms with E-state index in [1.54, 1.807) is 12.1 Å². The van der Waals surface area contributed by atoms with Crippen LogP contribution in [0.3, 0.4) is 0 Å². The standard InChI is InChI=1S/C19H25NO3Si/c21-19(20-17-11-5-3-6-12-17)15-9-1-2-10-16-24(22,23)18-13-7-4-8-14-18/h3-8,11-14,22-23H,1-2,9-10,15-16H2,(H,20,21). The zero-order valence-electron chi connectivity index (χ0n) is 13.8. The number of unbranched alkanes of at least 4 members (excludes halogenated alkanes) is 3. The van der Waals surface area contributed by atoms with Gasteiger partial charge >= 0.3 is 8.56 Å². The van der Waals surface area contributed by atoms with Crippen molar-refractivity contribution in [2.45, 2.75) is 38.1 Å². The van der Waals surface area contributed by atoms with Crippen LogP contribution in [0.5, 0.6) is 0 Å². The molecule has 0 aliphatic carbocycles. The van der Waals surface area contributed by atoms with Crippen LogP contribution in [0.15, 0.2) is 60.7 Å². The van der Waals surface area contributed by atoms with Gasteiger partial charge in [-0.05, 0) is 29.8 Å². The summed E-state index contributed by atoms with van der Waals surface area (Å²) in [5.74, 6) is 0.0264. The highest BCUT2D eigenvalue weighted by molar-refractivity contribution is 6.78. The third kappa shape index (κ3) is 6.27. The number of anilines is 1.